The Hall–Kier alpha value is -2.11. The topological polar surface area (TPSA) is 122 Å². The van der Waals surface area contributed by atoms with Gasteiger partial charge in [-0.25, -0.2) is 8.42 Å². The number of sulfonamides is 1. The van der Waals surface area contributed by atoms with Gasteiger partial charge in [0, 0.05) is 0 Å². The van der Waals surface area contributed by atoms with Crippen LogP contribution in [0.5, 0.6) is 0 Å². The average Bonchev–Trinajstić information content (AvgIpc) is 2.36. The van der Waals surface area contributed by atoms with Gasteiger partial charge in [0.2, 0.25) is 10.0 Å². The molecule has 8 heteroatoms. The van der Waals surface area contributed by atoms with Crippen molar-refractivity contribution in [3.8, 4) is 6.07 Å². The molecule has 0 spiro atoms. The first kappa shape index (κ1) is 14.9. The van der Waals surface area contributed by atoms with Crippen LogP contribution in [0.3, 0.4) is 0 Å². The summed E-state index contributed by atoms with van der Waals surface area (Å²) >= 11 is 0. The number of esters is 1. The molecule has 0 aromatic heterocycles. The highest BCUT2D eigenvalue weighted by Gasteiger charge is 2.24. The van der Waals surface area contributed by atoms with Gasteiger partial charge in [-0.3, -0.25) is 4.79 Å². The van der Waals surface area contributed by atoms with Crippen molar-refractivity contribution in [2.24, 2.45) is 0 Å². The van der Waals surface area contributed by atoms with Crippen molar-refractivity contribution in [2.45, 2.75) is 17.9 Å². The second-order valence-corrected chi connectivity index (χ2v) is 5.41. The predicted molar refractivity (Wildman–Crippen MR) is 67.4 cm³/mol. The van der Waals surface area contributed by atoms with Gasteiger partial charge < -0.3 is 10.5 Å². The first-order valence-corrected chi connectivity index (χ1v) is 6.70. The van der Waals surface area contributed by atoms with E-state index < -0.39 is 22.0 Å². The molecule has 0 saturated heterocycles. The molecular weight excluding hydrogens is 270 g/mol. The number of anilines is 1. The number of nitrogens with zero attached hydrogens (tertiary/aromatic N) is 1. The minimum absolute atomic E-state index is 0.0661. The molecule has 0 aliphatic heterocycles. The normalized spacial score (nSPS) is 12.5. The quantitative estimate of drug-likeness (QED) is 0.591. The molecule has 0 bridgehead atoms. The first-order valence-electron chi connectivity index (χ1n) is 5.21. The molecule has 1 aromatic carbocycles. The Morgan fingerprint density at radius 2 is 2.16 bits per heavy atom. The van der Waals surface area contributed by atoms with Crippen molar-refractivity contribution in [3.05, 3.63) is 23.8 Å². The number of nitrogens with two attached hydrogens (primary N) is 1. The molecule has 1 unspecified atom stereocenters. The van der Waals surface area contributed by atoms with Crippen molar-refractivity contribution in [1.29, 1.82) is 5.26 Å². The van der Waals surface area contributed by atoms with E-state index in [1.165, 1.54) is 25.1 Å². The number of ether oxygens (including phenoxy) is 1. The first-order chi connectivity index (χ1) is 8.81. The Bertz CT molecular complexity index is 634. The Labute approximate surface area is 111 Å². The lowest BCUT2D eigenvalue weighted by molar-refractivity contribution is -0.142. The molecule has 1 atom stereocenters. The minimum Gasteiger partial charge on any atom is -0.468 e. The number of nitrogen functional groups attached to an aromatic ring is 1. The largest absolute Gasteiger partial charge is 0.468 e. The van der Waals surface area contributed by atoms with Crippen LogP contribution in [0.4, 0.5) is 5.69 Å². The van der Waals surface area contributed by atoms with Crippen LogP contribution in [0.1, 0.15) is 12.5 Å². The summed E-state index contributed by atoms with van der Waals surface area (Å²) in [5.74, 6) is -0.712. The fourth-order valence-electron chi connectivity index (χ4n) is 1.38. The summed E-state index contributed by atoms with van der Waals surface area (Å²) in [4.78, 5) is 11.0. The number of rotatable bonds is 4. The van der Waals surface area contributed by atoms with Gasteiger partial charge >= 0.3 is 5.97 Å². The third-order valence-electron chi connectivity index (χ3n) is 2.32. The molecule has 102 valence electrons. The molecule has 0 saturated carbocycles. The van der Waals surface area contributed by atoms with Crippen LogP contribution in [0, 0.1) is 11.3 Å². The van der Waals surface area contributed by atoms with E-state index in [1.54, 1.807) is 0 Å². The number of nitriles is 1. The van der Waals surface area contributed by atoms with E-state index >= 15 is 0 Å². The molecule has 1 rings (SSSR count). The third-order valence-corrected chi connectivity index (χ3v) is 3.93. The average molecular weight is 283 g/mol. The van der Waals surface area contributed by atoms with Gasteiger partial charge in [-0.15, -0.1) is 0 Å². The van der Waals surface area contributed by atoms with E-state index in [4.69, 9.17) is 11.0 Å². The maximum atomic E-state index is 12.0. The number of benzene rings is 1. The van der Waals surface area contributed by atoms with Crippen molar-refractivity contribution >= 4 is 21.7 Å². The van der Waals surface area contributed by atoms with E-state index in [2.05, 4.69) is 9.46 Å². The standard InChI is InChI=1S/C11H13N3O4S/c1-7(11(15)18-2)14-19(16,17)10-4-3-8(6-12)5-9(10)13/h3-5,7,14H,13H2,1-2H3. The van der Waals surface area contributed by atoms with E-state index in [1.807, 2.05) is 6.07 Å². The van der Waals surface area contributed by atoms with Crippen molar-refractivity contribution < 1.29 is 17.9 Å². The summed E-state index contributed by atoms with van der Waals surface area (Å²) in [6.07, 6.45) is 0. The molecule has 0 heterocycles. The highest BCUT2D eigenvalue weighted by atomic mass is 32.2. The zero-order chi connectivity index (χ0) is 14.6. The number of carbonyl (C=O) groups excluding carboxylic acids is 1. The molecule has 3 N–H and O–H groups in total. The maximum Gasteiger partial charge on any atom is 0.323 e. The van der Waals surface area contributed by atoms with Crippen LogP contribution < -0.4 is 10.5 Å². The van der Waals surface area contributed by atoms with Crippen molar-refractivity contribution in [2.75, 3.05) is 12.8 Å². The Kier molecular flexibility index (Phi) is 4.47. The lowest BCUT2D eigenvalue weighted by atomic mass is 10.2. The summed E-state index contributed by atoms with van der Waals surface area (Å²) in [5.41, 5.74) is 5.76. The van der Waals surface area contributed by atoms with Crippen LogP contribution in [0.2, 0.25) is 0 Å². The van der Waals surface area contributed by atoms with E-state index in [0.717, 1.165) is 7.11 Å². The Balaban J connectivity index is 3.08. The molecular formula is C11H13N3O4S. The third kappa shape index (κ3) is 3.43. The van der Waals surface area contributed by atoms with Gasteiger partial charge in [0.15, 0.2) is 0 Å². The van der Waals surface area contributed by atoms with Gasteiger partial charge in [-0.05, 0) is 25.1 Å². The van der Waals surface area contributed by atoms with E-state index in [0.29, 0.717) is 0 Å². The highest BCUT2D eigenvalue weighted by Crippen LogP contribution is 2.19. The second kappa shape index (κ2) is 5.69. The molecule has 0 amide bonds. The van der Waals surface area contributed by atoms with Gasteiger partial charge in [-0.2, -0.15) is 9.98 Å². The molecule has 0 radical (unpaired) electrons. The molecule has 0 aliphatic carbocycles. The zero-order valence-corrected chi connectivity index (χ0v) is 11.2. The smallest absolute Gasteiger partial charge is 0.323 e. The summed E-state index contributed by atoms with van der Waals surface area (Å²) in [6.45, 7) is 1.35. The van der Waals surface area contributed by atoms with Crippen molar-refractivity contribution in [1.82, 2.24) is 4.72 Å². The molecule has 19 heavy (non-hydrogen) atoms. The second-order valence-electron chi connectivity index (χ2n) is 3.73. The summed E-state index contributed by atoms with van der Waals surface area (Å²) < 4.78 is 30.6. The Morgan fingerprint density at radius 3 is 2.63 bits per heavy atom. The van der Waals surface area contributed by atoms with Gasteiger partial charge in [0.1, 0.15) is 10.9 Å². The predicted octanol–water partition coefficient (Wildman–Crippen LogP) is -0.0197. The number of hydrogen-bond acceptors (Lipinski definition) is 6. The SMILES string of the molecule is COC(=O)C(C)NS(=O)(=O)c1ccc(C#N)cc1N. The van der Waals surface area contributed by atoms with Crippen LogP contribution in [-0.2, 0) is 19.6 Å². The summed E-state index contributed by atoms with van der Waals surface area (Å²) in [5, 5.41) is 8.67. The molecule has 7 nitrogen and oxygen atoms in total. The number of methoxy groups -OCH3 is 1. The minimum atomic E-state index is -3.96. The van der Waals surface area contributed by atoms with Crippen LogP contribution in [-0.4, -0.2) is 27.5 Å². The fraction of sp³-hybridized carbons (Fsp3) is 0.273. The summed E-state index contributed by atoms with van der Waals surface area (Å²) in [7, 11) is -2.80. The Morgan fingerprint density at radius 1 is 1.53 bits per heavy atom. The van der Waals surface area contributed by atoms with Crippen LogP contribution in [0.25, 0.3) is 0 Å². The summed E-state index contributed by atoms with van der Waals surface area (Å²) in [6, 6.07) is 4.59. The number of nitrogens with one attached hydrogen (secondary N) is 1. The van der Waals surface area contributed by atoms with Crippen molar-refractivity contribution in [3.63, 3.8) is 0 Å². The lowest BCUT2D eigenvalue weighted by Crippen LogP contribution is -2.39. The number of hydrogen-bond donors (Lipinski definition) is 2. The maximum absolute atomic E-state index is 12.0. The molecule has 0 aliphatic rings. The fourth-order valence-corrected chi connectivity index (χ4v) is 2.69. The van der Waals surface area contributed by atoms with Gasteiger partial charge in [0.25, 0.3) is 0 Å². The van der Waals surface area contributed by atoms with Gasteiger partial charge in [-0.1, -0.05) is 0 Å². The van der Waals surface area contributed by atoms with Crippen LogP contribution >= 0.6 is 0 Å². The molecule has 0 fully saturated rings. The van der Waals surface area contributed by atoms with Gasteiger partial charge in [0.05, 0.1) is 24.4 Å². The van der Waals surface area contributed by atoms with E-state index in [-0.39, 0.29) is 16.1 Å². The highest BCUT2D eigenvalue weighted by molar-refractivity contribution is 7.89. The van der Waals surface area contributed by atoms with E-state index in [9.17, 15) is 13.2 Å². The molecule has 1 aromatic rings. The van der Waals surface area contributed by atoms with Crippen LogP contribution in [0.15, 0.2) is 23.1 Å². The lowest BCUT2D eigenvalue weighted by Gasteiger charge is -2.13. The monoisotopic (exact) mass is 283 g/mol. The number of carbonyl (C=O) groups is 1. The zero-order valence-electron chi connectivity index (χ0n) is 10.4.